The molecule has 0 fully saturated rings. The van der Waals surface area contributed by atoms with Crippen molar-refractivity contribution in [2.45, 2.75) is 12.8 Å². The summed E-state index contributed by atoms with van der Waals surface area (Å²) in [5.41, 5.74) is 3.82. The average molecular weight is 243 g/mol. The number of anilines is 1. The standard InChI is InChI=1S/C14H17N3O/c1-17-14-12(7-8-15-14)13(16-17)9-10-3-5-11(18-2)6-4-10/h3-6,15H,7-9H2,1-2H3. The number of hydrogen-bond donors (Lipinski definition) is 1. The molecule has 1 aromatic carbocycles. The molecule has 18 heavy (non-hydrogen) atoms. The minimum Gasteiger partial charge on any atom is -0.497 e. The average Bonchev–Trinajstić information content (AvgIpc) is 2.97. The molecule has 1 aliphatic rings. The molecule has 0 amide bonds. The van der Waals surface area contributed by atoms with Crippen LogP contribution in [0.2, 0.25) is 0 Å². The van der Waals surface area contributed by atoms with E-state index in [0.717, 1.165) is 25.1 Å². The van der Waals surface area contributed by atoms with Gasteiger partial charge in [-0.25, -0.2) is 0 Å². The molecule has 1 N–H and O–H groups in total. The van der Waals surface area contributed by atoms with Gasteiger partial charge in [-0.3, -0.25) is 4.68 Å². The minimum absolute atomic E-state index is 0.884. The molecular formula is C14H17N3O. The Balaban J connectivity index is 1.86. The summed E-state index contributed by atoms with van der Waals surface area (Å²) in [6.45, 7) is 1.02. The molecule has 1 aliphatic heterocycles. The van der Waals surface area contributed by atoms with Gasteiger partial charge in [-0.2, -0.15) is 5.10 Å². The molecule has 0 saturated carbocycles. The number of nitrogens with one attached hydrogen (secondary N) is 1. The first-order valence-corrected chi connectivity index (χ1v) is 6.19. The summed E-state index contributed by atoms with van der Waals surface area (Å²) in [6.07, 6.45) is 1.96. The van der Waals surface area contributed by atoms with Gasteiger partial charge in [-0.05, 0) is 24.1 Å². The number of rotatable bonds is 3. The smallest absolute Gasteiger partial charge is 0.127 e. The van der Waals surface area contributed by atoms with E-state index in [1.807, 2.05) is 23.9 Å². The van der Waals surface area contributed by atoms with Crippen molar-refractivity contribution in [3.8, 4) is 5.75 Å². The Morgan fingerprint density at radius 3 is 2.83 bits per heavy atom. The topological polar surface area (TPSA) is 39.1 Å². The Hall–Kier alpha value is -1.97. The molecule has 0 atom stereocenters. The first kappa shape index (κ1) is 11.1. The van der Waals surface area contributed by atoms with Crippen molar-refractivity contribution in [3.63, 3.8) is 0 Å². The summed E-state index contributed by atoms with van der Waals surface area (Å²) >= 11 is 0. The fourth-order valence-corrected chi connectivity index (χ4v) is 2.49. The van der Waals surface area contributed by atoms with Crippen molar-refractivity contribution in [1.29, 1.82) is 0 Å². The summed E-state index contributed by atoms with van der Waals surface area (Å²) in [4.78, 5) is 0. The molecule has 2 heterocycles. The van der Waals surface area contributed by atoms with E-state index in [1.54, 1.807) is 7.11 Å². The Morgan fingerprint density at radius 2 is 2.11 bits per heavy atom. The van der Waals surface area contributed by atoms with E-state index in [2.05, 4.69) is 22.5 Å². The predicted octanol–water partition coefficient (Wildman–Crippen LogP) is 1.99. The van der Waals surface area contributed by atoms with Crippen LogP contribution in [0.1, 0.15) is 16.8 Å². The van der Waals surface area contributed by atoms with Crippen LogP contribution in [0.5, 0.6) is 5.75 Å². The van der Waals surface area contributed by atoms with Crippen LogP contribution in [0.25, 0.3) is 0 Å². The second-order valence-electron chi connectivity index (χ2n) is 4.60. The minimum atomic E-state index is 0.884. The number of ether oxygens (including phenoxy) is 1. The first-order chi connectivity index (χ1) is 8.78. The SMILES string of the molecule is COc1ccc(Cc2nn(C)c3c2CCN3)cc1. The molecule has 0 saturated heterocycles. The van der Waals surface area contributed by atoms with E-state index in [9.17, 15) is 0 Å². The van der Waals surface area contributed by atoms with Gasteiger partial charge in [0.1, 0.15) is 11.6 Å². The quantitative estimate of drug-likeness (QED) is 0.896. The third kappa shape index (κ3) is 1.83. The van der Waals surface area contributed by atoms with Gasteiger partial charge in [0, 0.05) is 25.6 Å². The molecular weight excluding hydrogens is 226 g/mol. The fourth-order valence-electron chi connectivity index (χ4n) is 2.49. The van der Waals surface area contributed by atoms with Crippen LogP contribution in [0.3, 0.4) is 0 Å². The lowest BCUT2D eigenvalue weighted by Gasteiger charge is -2.02. The highest BCUT2D eigenvalue weighted by molar-refractivity contribution is 5.53. The molecule has 0 spiro atoms. The van der Waals surface area contributed by atoms with Crippen molar-refractivity contribution >= 4 is 5.82 Å². The highest BCUT2D eigenvalue weighted by Gasteiger charge is 2.20. The van der Waals surface area contributed by atoms with E-state index in [0.29, 0.717) is 0 Å². The van der Waals surface area contributed by atoms with Crippen molar-refractivity contribution in [1.82, 2.24) is 9.78 Å². The maximum atomic E-state index is 5.17. The zero-order valence-electron chi connectivity index (χ0n) is 10.7. The van der Waals surface area contributed by atoms with Gasteiger partial charge in [0.25, 0.3) is 0 Å². The highest BCUT2D eigenvalue weighted by Crippen LogP contribution is 2.26. The van der Waals surface area contributed by atoms with Gasteiger partial charge in [0.05, 0.1) is 12.8 Å². The van der Waals surface area contributed by atoms with Crippen LogP contribution in [-0.4, -0.2) is 23.4 Å². The van der Waals surface area contributed by atoms with E-state index in [4.69, 9.17) is 4.74 Å². The van der Waals surface area contributed by atoms with Crippen LogP contribution in [-0.2, 0) is 19.9 Å². The number of aromatic nitrogens is 2. The van der Waals surface area contributed by atoms with Gasteiger partial charge in [0.2, 0.25) is 0 Å². The lowest BCUT2D eigenvalue weighted by atomic mass is 10.1. The van der Waals surface area contributed by atoms with Gasteiger partial charge in [0.15, 0.2) is 0 Å². The zero-order chi connectivity index (χ0) is 12.5. The van der Waals surface area contributed by atoms with Crippen molar-refractivity contribution in [2.75, 3.05) is 19.0 Å². The lowest BCUT2D eigenvalue weighted by molar-refractivity contribution is 0.414. The number of benzene rings is 1. The second-order valence-corrected chi connectivity index (χ2v) is 4.60. The van der Waals surface area contributed by atoms with E-state index in [1.165, 1.54) is 22.6 Å². The summed E-state index contributed by atoms with van der Waals surface area (Å²) in [5.74, 6) is 2.07. The second kappa shape index (κ2) is 4.37. The lowest BCUT2D eigenvalue weighted by Crippen LogP contribution is -2.02. The number of fused-ring (bicyclic) bond motifs is 1. The molecule has 4 nitrogen and oxygen atoms in total. The third-order valence-corrected chi connectivity index (χ3v) is 3.43. The van der Waals surface area contributed by atoms with E-state index < -0.39 is 0 Å². The van der Waals surface area contributed by atoms with Crippen molar-refractivity contribution in [2.24, 2.45) is 7.05 Å². The van der Waals surface area contributed by atoms with Gasteiger partial charge in [-0.1, -0.05) is 12.1 Å². The normalized spacial score (nSPS) is 13.2. The van der Waals surface area contributed by atoms with Gasteiger partial charge < -0.3 is 10.1 Å². The van der Waals surface area contributed by atoms with Crippen LogP contribution in [0, 0.1) is 0 Å². The van der Waals surface area contributed by atoms with E-state index >= 15 is 0 Å². The molecule has 94 valence electrons. The Labute approximate surface area is 107 Å². The highest BCUT2D eigenvalue weighted by atomic mass is 16.5. The fraction of sp³-hybridized carbons (Fsp3) is 0.357. The van der Waals surface area contributed by atoms with Crippen LogP contribution in [0.15, 0.2) is 24.3 Å². The summed E-state index contributed by atoms with van der Waals surface area (Å²) in [5, 5.41) is 7.97. The van der Waals surface area contributed by atoms with Crippen LogP contribution >= 0.6 is 0 Å². The van der Waals surface area contributed by atoms with Crippen LogP contribution in [0.4, 0.5) is 5.82 Å². The molecule has 0 bridgehead atoms. The van der Waals surface area contributed by atoms with Crippen molar-refractivity contribution in [3.05, 3.63) is 41.1 Å². The monoisotopic (exact) mass is 243 g/mol. The first-order valence-electron chi connectivity index (χ1n) is 6.19. The summed E-state index contributed by atoms with van der Waals surface area (Å²) in [6, 6.07) is 8.19. The number of aryl methyl sites for hydroxylation is 1. The largest absolute Gasteiger partial charge is 0.497 e. The number of hydrogen-bond acceptors (Lipinski definition) is 3. The molecule has 0 aliphatic carbocycles. The molecule has 0 unspecified atom stereocenters. The van der Waals surface area contributed by atoms with Crippen LogP contribution < -0.4 is 10.1 Å². The van der Waals surface area contributed by atoms with E-state index in [-0.39, 0.29) is 0 Å². The zero-order valence-corrected chi connectivity index (χ0v) is 10.7. The molecule has 3 rings (SSSR count). The summed E-state index contributed by atoms with van der Waals surface area (Å²) in [7, 11) is 3.68. The molecule has 2 aromatic rings. The predicted molar refractivity (Wildman–Crippen MR) is 71.2 cm³/mol. The maximum Gasteiger partial charge on any atom is 0.127 e. The Kier molecular flexibility index (Phi) is 2.70. The maximum absolute atomic E-state index is 5.17. The van der Waals surface area contributed by atoms with Gasteiger partial charge in [-0.15, -0.1) is 0 Å². The van der Waals surface area contributed by atoms with Crippen molar-refractivity contribution < 1.29 is 4.74 Å². The Bertz CT molecular complexity index is 557. The summed E-state index contributed by atoms with van der Waals surface area (Å²) < 4.78 is 7.11. The number of nitrogens with zero attached hydrogens (tertiary/aromatic N) is 2. The third-order valence-electron chi connectivity index (χ3n) is 3.43. The number of methoxy groups -OCH3 is 1. The Morgan fingerprint density at radius 1 is 1.33 bits per heavy atom. The molecule has 1 aromatic heterocycles. The molecule has 0 radical (unpaired) electrons. The molecule has 4 heteroatoms. The van der Waals surface area contributed by atoms with Gasteiger partial charge >= 0.3 is 0 Å².